The van der Waals surface area contributed by atoms with Gasteiger partial charge in [-0.1, -0.05) is 12.1 Å². The maximum atomic E-state index is 13.3. The zero-order chi connectivity index (χ0) is 20.2. The number of nitrogens with one attached hydrogen (secondary N) is 2. The molecular weight excluding hydrogens is 364 g/mol. The molecule has 0 radical (unpaired) electrons. The van der Waals surface area contributed by atoms with Crippen LogP contribution in [0.15, 0.2) is 24.4 Å². The van der Waals surface area contributed by atoms with Crippen LogP contribution in [0.3, 0.4) is 0 Å². The van der Waals surface area contributed by atoms with Crippen molar-refractivity contribution in [2.75, 3.05) is 26.3 Å². The highest BCUT2D eigenvalue weighted by Crippen LogP contribution is 2.28. The lowest BCUT2D eigenvalue weighted by Crippen LogP contribution is -2.45. The van der Waals surface area contributed by atoms with Crippen LogP contribution >= 0.6 is 0 Å². The van der Waals surface area contributed by atoms with Crippen LogP contribution in [-0.4, -0.2) is 48.0 Å². The Balaban J connectivity index is 1.54. The van der Waals surface area contributed by atoms with E-state index in [4.69, 9.17) is 9.84 Å². The van der Waals surface area contributed by atoms with Gasteiger partial charge >= 0.3 is 0 Å². The van der Waals surface area contributed by atoms with E-state index >= 15 is 0 Å². The molecule has 0 bridgehead atoms. The summed E-state index contributed by atoms with van der Waals surface area (Å²) >= 11 is 0. The number of nitrogens with zero attached hydrogens (tertiary/aromatic N) is 2. The molecule has 2 aliphatic heterocycles. The maximum absolute atomic E-state index is 13.3. The van der Waals surface area contributed by atoms with E-state index in [1.807, 2.05) is 29.1 Å². The molecule has 0 saturated carbocycles. The molecule has 29 heavy (non-hydrogen) atoms. The van der Waals surface area contributed by atoms with Crippen LogP contribution in [0.2, 0.25) is 0 Å². The van der Waals surface area contributed by atoms with E-state index < -0.39 is 0 Å². The van der Waals surface area contributed by atoms with Gasteiger partial charge in [0, 0.05) is 36.9 Å². The summed E-state index contributed by atoms with van der Waals surface area (Å²) in [5.74, 6) is 1.19. The zero-order valence-electron chi connectivity index (χ0n) is 17.7. The fourth-order valence-electron chi connectivity index (χ4n) is 4.71. The molecule has 2 aliphatic rings. The molecular formula is C23H34N4O2. The second kappa shape index (κ2) is 9.26. The first-order chi connectivity index (χ1) is 14.1. The minimum absolute atomic E-state index is 0.0141. The van der Waals surface area contributed by atoms with E-state index in [1.54, 1.807) is 0 Å². The molecule has 1 atom stereocenters. The van der Waals surface area contributed by atoms with E-state index in [9.17, 15) is 4.79 Å². The van der Waals surface area contributed by atoms with Gasteiger partial charge in [0.2, 0.25) is 0 Å². The molecule has 2 fully saturated rings. The van der Waals surface area contributed by atoms with Crippen molar-refractivity contribution in [2.45, 2.75) is 58.0 Å². The predicted molar refractivity (Wildman–Crippen MR) is 115 cm³/mol. The highest BCUT2D eigenvalue weighted by molar-refractivity contribution is 6.05. The maximum Gasteiger partial charge on any atom is 0.253 e. The average Bonchev–Trinajstić information content (AvgIpc) is 3.19. The number of carbonyl (C=O) groups excluding carboxylic acids is 1. The number of benzene rings is 1. The number of fused-ring (bicyclic) bond motifs is 1. The lowest BCUT2D eigenvalue weighted by molar-refractivity contribution is 0.0556. The van der Waals surface area contributed by atoms with E-state index in [2.05, 4.69) is 24.5 Å². The highest BCUT2D eigenvalue weighted by atomic mass is 16.5. The van der Waals surface area contributed by atoms with Crippen molar-refractivity contribution in [2.24, 2.45) is 11.8 Å². The Kier molecular flexibility index (Phi) is 6.50. The Morgan fingerprint density at radius 3 is 2.72 bits per heavy atom. The predicted octanol–water partition coefficient (Wildman–Crippen LogP) is 3.53. The van der Waals surface area contributed by atoms with Crippen molar-refractivity contribution >= 4 is 16.8 Å². The number of carbonyl (C=O) groups is 1. The van der Waals surface area contributed by atoms with Crippen LogP contribution in [0.5, 0.6) is 0 Å². The zero-order valence-corrected chi connectivity index (χ0v) is 17.7. The summed E-state index contributed by atoms with van der Waals surface area (Å²) in [6, 6.07) is 6.39. The fourth-order valence-corrected chi connectivity index (χ4v) is 4.71. The highest BCUT2D eigenvalue weighted by Gasteiger charge is 2.29. The summed E-state index contributed by atoms with van der Waals surface area (Å²) < 4.78 is 7.48. The van der Waals surface area contributed by atoms with Gasteiger partial charge < -0.3 is 15.4 Å². The van der Waals surface area contributed by atoms with Crippen LogP contribution in [0.4, 0.5) is 0 Å². The summed E-state index contributed by atoms with van der Waals surface area (Å²) in [6.45, 7) is 7.99. The topological polar surface area (TPSA) is 68.2 Å². The molecule has 2 N–H and O–H groups in total. The van der Waals surface area contributed by atoms with E-state index in [0.29, 0.717) is 17.4 Å². The Labute approximate surface area is 173 Å². The van der Waals surface area contributed by atoms with Crippen molar-refractivity contribution in [3.63, 3.8) is 0 Å². The molecule has 0 aliphatic carbocycles. The molecule has 158 valence electrons. The average molecular weight is 399 g/mol. The Bertz CT molecular complexity index is 819. The number of hydrogen-bond acceptors (Lipinski definition) is 4. The third-order valence-corrected chi connectivity index (χ3v) is 6.53. The molecule has 2 aromatic rings. The molecule has 4 rings (SSSR count). The standard InChI is InChI=1S/C23H34N4O2/c1-16(2)27-15-19-4-3-5-20(22(19)26-27)23(28)25-21(18-6-10-24-11-7-18)14-17-8-12-29-13-9-17/h3-5,15-18,21,24H,6-14H2,1-2H3,(H,25,28). The third-order valence-electron chi connectivity index (χ3n) is 6.53. The minimum atomic E-state index is 0.0141. The SMILES string of the molecule is CC(C)n1cc2cccc(C(=O)NC(CC3CCOCC3)C3CCNCC3)c2n1. The van der Waals surface area contributed by atoms with E-state index in [-0.39, 0.29) is 18.0 Å². The molecule has 1 aromatic carbocycles. The molecule has 0 spiro atoms. The van der Waals surface area contributed by atoms with Gasteiger partial charge in [-0.15, -0.1) is 0 Å². The fraction of sp³-hybridized carbons (Fsp3) is 0.652. The van der Waals surface area contributed by atoms with Crippen LogP contribution in [-0.2, 0) is 4.74 Å². The van der Waals surface area contributed by atoms with Crippen LogP contribution in [0, 0.1) is 11.8 Å². The second-order valence-corrected chi connectivity index (χ2v) is 8.91. The van der Waals surface area contributed by atoms with Gasteiger partial charge in [0.1, 0.15) is 5.52 Å². The summed E-state index contributed by atoms with van der Waals surface area (Å²) in [6.07, 6.45) is 7.54. The van der Waals surface area contributed by atoms with Crippen molar-refractivity contribution in [3.8, 4) is 0 Å². The normalized spacial score (nSPS) is 20.2. The molecule has 6 nitrogen and oxygen atoms in total. The van der Waals surface area contributed by atoms with Gasteiger partial charge in [0.15, 0.2) is 0 Å². The number of piperidine rings is 1. The first-order valence-corrected chi connectivity index (χ1v) is 11.2. The van der Waals surface area contributed by atoms with Crippen molar-refractivity contribution in [3.05, 3.63) is 30.0 Å². The number of ether oxygens (including phenoxy) is 1. The van der Waals surface area contributed by atoms with Crippen molar-refractivity contribution in [1.82, 2.24) is 20.4 Å². The Morgan fingerprint density at radius 1 is 1.24 bits per heavy atom. The van der Waals surface area contributed by atoms with Gasteiger partial charge in [-0.3, -0.25) is 9.48 Å². The number of hydrogen-bond donors (Lipinski definition) is 2. The molecule has 3 heterocycles. The van der Waals surface area contributed by atoms with Crippen molar-refractivity contribution in [1.29, 1.82) is 0 Å². The quantitative estimate of drug-likeness (QED) is 0.781. The monoisotopic (exact) mass is 398 g/mol. The van der Waals surface area contributed by atoms with Gasteiger partial charge in [0.05, 0.1) is 5.56 Å². The van der Waals surface area contributed by atoms with Crippen LogP contribution in [0.1, 0.15) is 62.4 Å². The van der Waals surface area contributed by atoms with Gasteiger partial charge in [-0.05, 0) is 76.9 Å². The van der Waals surface area contributed by atoms with E-state index in [0.717, 1.165) is 69.3 Å². The summed E-state index contributed by atoms with van der Waals surface area (Å²) in [7, 11) is 0. The smallest absolute Gasteiger partial charge is 0.253 e. The number of aromatic nitrogens is 2. The Morgan fingerprint density at radius 2 is 2.00 bits per heavy atom. The van der Waals surface area contributed by atoms with Crippen LogP contribution < -0.4 is 10.6 Å². The largest absolute Gasteiger partial charge is 0.381 e. The third kappa shape index (κ3) is 4.81. The van der Waals surface area contributed by atoms with E-state index in [1.165, 1.54) is 0 Å². The molecule has 2 saturated heterocycles. The number of rotatable bonds is 6. The molecule has 1 unspecified atom stereocenters. The van der Waals surface area contributed by atoms with Gasteiger partial charge in [-0.2, -0.15) is 5.10 Å². The molecule has 1 aromatic heterocycles. The van der Waals surface area contributed by atoms with Crippen LogP contribution in [0.25, 0.3) is 10.9 Å². The van der Waals surface area contributed by atoms with Crippen molar-refractivity contribution < 1.29 is 9.53 Å². The Hall–Kier alpha value is -1.92. The first-order valence-electron chi connectivity index (χ1n) is 11.2. The first kappa shape index (κ1) is 20.4. The van der Waals surface area contributed by atoms with Gasteiger partial charge in [-0.25, -0.2) is 0 Å². The van der Waals surface area contributed by atoms with Gasteiger partial charge in [0.25, 0.3) is 5.91 Å². The lowest BCUT2D eigenvalue weighted by atomic mass is 9.82. The molecule has 1 amide bonds. The summed E-state index contributed by atoms with van der Waals surface area (Å²) in [4.78, 5) is 13.3. The lowest BCUT2D eigenvalue weighted by Gasteiger charge is -2.34. The summed E-state index contributed by atoms with van der Waals surface area (Å²) in [5, 5.41) is 12.6. The molecule has 6 heteroatoms. The minimum Gasteiger partial charge on any atom is -0.381 e. The summed E-state index contributed by atoms with van der Waals surface area (Å²) in [5.41, 5.74) is 1.49. The number of amides is 1. The second-order valence-electron chi connectivity index (χ2n) is 8.91.